The van der Waals surface area contributed by atoms with Crippen LogP contribution in [0.3, 0.4) is 0 Å². The molecule has 0 saturated heterocycles. The molecule has 0 radical (unpaired) electrons. The van der Waals surface area contributed by atoms with E-state index in [1.165, 1.54) is 12.1 Å². The Kier molecular flexibility index (Phi) is 6.71. The zero-order valence-corrected chi connectivity index (χ0v) is 16.0. The molecule has 0 aliphatic heterocycles. The highest BCUT2D eigenvalue weighted by molar-refractivity contribution is 7.99. The van der Waals surface area contributed by atoms with E-state index in [0.717, 1.165) is 34.0 Å². The second-order valence-corrected chi connectivity index (χ2v) is 7.46. The van der Waals surface area contributed by atoms with E-state index >= 15 is 0 Å². The fourth-order valence-electron chi connectivity index (χ4n) is 2.81. The number of hydrogen-bond donors (Lipinski definition) is 0. The van der Waals surface area contributed by atoms with Gasteiger partial charge in [0.15, 0.2) is 0 Å². The Hall–Kier alpha value is -2.53. The van der Waals surface area contributed by atoms with Crippen molar-refractivity contribution in [1.29, 1.82) is 0 Å². The zero-order valence-electron chi connectivity index (χ0n) is 15.2. The highest BCUT2D eigenvalue weighted by atomic mass is 32.2. The Morgan fingerprint density at radius 1 is 1.07 bits per heavy atom. The molecular weight excluding hydrogens is 361 g/mol. The zero-order chi connectivity index (χ0) is 19.1. The average molecular weight is 383 g/mol. The number of amides is 1. The molecule has 0 aliphatic carbocycles. The van der Waals surface area contributed by atoms with Crippen molar-refractivity contribution in [2.45, 2.75) is 24.3 Å². The molecule has 3 nitrogen and oxygen atoms in total. The van der Waals surface area contributed by atoms with Gasteiger partial charge in [0.1, 0.15) is 11.6 Å². The van der Waals surface area contributed by atoms with Crippen molar-refractivity contribution in [3.05, 3.63) is 78.3 Å². The lowest BCUT2D eigenvalue weighted by Crippen LogP contribution is -2.26. The quantitative estimate of drug-likeness (QED) is 0.374. The topological polar surface area (TPSA) is 33.5 Å². The van der Waals surface area contributed by atoms with Crippen LogP contribution in [0.25, 0.3) is 11.3 Å². The predicted octanol–water partition coefficient (Wildman–Crippen LogP) is 5.62. The third-order valence-electron chi connectivity index (χ3n) is 4.25. The Balaban J connectivity index is 1.49. The summed E-state index contributed by atoms with van der Waals surface area (Å²) in [5.41, 5.74) is 2.07. The van der Waals surface area contributed by atoms with E-state index in [9.17, 15) is 9.18 Å². The van der Waals surface area contributed by atoms with Crippen LogP contribution in [0, 0.1) is 5.82 Å². The number of thioether (sulfide) groups is 1. The first-order chi connectivity index (χ1) is 13.1. The molecule has 5 heteroatoms. The van der Waals surface area contributed by atoms with Gasteiger partial charge in [0.2, 0.25) is 5.91 Å². The predicted molar refractivity (Wildman–Crippen MR) is 107 cm³/mol. The number of halogens is 1. The lowest BCUT2D eigenvalue weighted by Gasteiger charge is -2.19. The number of rotatable bonds is 8. The Bertz CT molecular complexity index is 862. The van der Waals surface area contributed by atoms with Crippen molar-refractivity contribution in [2.75, 3.05) is 12.8 Å². The van der Waals surface area contributed by atoms with Crippen LogP contribution in [0.4, 0.5) is 4.39 Å². The Morgan fingerprint density at radius 2 is 1.85 bits per heavy atom. The summed E-state index contributed by atoms with van der Waals surface area (Å²) in [6, 6.07) is 18.2. The van der Waals surface area contributed by atoms with E-state index in [0.29, 0.717) is 13.0 Å². The molecule has 0 unspecified atom stereocenters. The normalized spacial score (nSPS) is 10.7. The standard InChI is InChI=1S/C22H22FNO2S/c1-24(16-17-6-2-3-7-20(17)21-8-4-14-26-21)22(25)9-5-15-27-19-12-10-18(23)11-13-19/h2-4,6-8,10-14H,5,9,15-16H2,1H3. The maximum Gasteiger partial charge on any atom is 0.222 e. The molecule has 0 saturated carbocycles. The summed E-state index contributed by atoms with van der Waals surface area (Å²) >= 11 is 1.64. The van der Waals surface area contributed by atoms with E-state index in [4.69, 9.17) is 4.42 Å². The number of hydrogen-bond acceptors (Lipinski definition) is 3. The highest BCUT2D eigenvalue weighted by Crippen LogP contribution is 2.25. The molecule has 0 spiro atoms. The smallest absolute Gasteiger partial charge is 0.222 e. The van der Waals surface area contributed by atoms with Crippen molar-refractivity contribution in [1.82, 2.24) is 4.90 Å². The van der Waals surface area contributed by atoms with E-state index < -0.39 is 0 Å². The summed E-state index contributed by atoms with van der Waals surface area (Å²) in [4.78, 5) is 15.2. The summed E-state index contributed by atoms with van der Waals surface area (Å²) in [6.45, 7) is 0.542. The minimum Gasteiger partial charge on any atom is -0.464 e. The van der Waals surface area contributed by atoms with Crippen LogP contribution in [-0.2, 0) is 11.3 Å². The van der Waals surface area contributed by atoms with Gasteiger partial charge in [0, 0.05) is 30.5 Å². The van der Waals surface area contributed by atoms with Crippen molar-refractivity contribution in [3.63, 3.8) is 0 Å². The molecule has 1 heterocycles. The summed E-state index contributed by atoms with van der Waals surface area (Å²) in [5, 5.41) is 0. The molecule has 140 valence electrons. The highest BCUT2D eigenvalue weighted by Gasteiger charge is 2.13. The van der Waals surface area contributed by atoms with E-state index in [1.807, 2.05) is 43.4 Å². The van der Waals surface area contributed by atoms with Gasteiger partial charge in [-0.1, -0.05) is 24.3 Å². The van der Waals surface area contributed by atoms with Crippen LogP contribution in [0.1, 0.15) is 18.4 Å². The fraction of sp³-hybridized carbons (Fsp3) is 0.227. The van der Waals surface area contributed by atoms with Gasteiger partial charge < -0.3 is 9.32 Å². The molecule has 0 fully saturated rings. The van der Waals surface area contributed by atoms with Crippen molar-refractivity contribution in [2.24, 2.45) is 0 Å². The summed E-state index contributed by atoms with van der Waals surface area (Å²) in [6.07, 6.45) is 2.93. The molecule has 27 heavy (non-hydrogen) atoms. The number of furan rings is 1. The van der Waals surface area contributed by atoms with Gasteiger partial charge in [0.25, 0.3) is 0 Å². The third kappa shape index (κ3) is 5.47. The second-order valence-electron chi connectivity index (χ2n) is 6.29. The third-order valence-corrected chi connectivity index (χ3v) is 5.35. The average Bonchev–Trinajstić information content (AvgIpc) is 3.21. The van der Waals surface area contributed by atoms with Crippen LogP contribution in [0.5, 0.6) is 0 Å². The SMILES string of the molecule is CN(Cc1ccccc1-c1ccco1)C(=O)CCCSc1ccc(F)cc1. The number of carbonyl (C=O) groups is 1. The van der Waals surface area contributed by atoms with Gasteiger partial charge in [-0.15, -0.1) is 11.8 Å². The molecule has 1 amide bonds. The largest absolute Gasteiger partial charge is 0.464 e. The van der Waals surface area contributed by atoms with Crippen LogP contribution in [0.2, 0.25) is 0 Å². The minimum absolute atomic E-state index is 0.115. The van der Waals surface area contributed by atoms with Gasteiger partial charge in [0.05, 0.1) is 6.26 Å². The van der Waals surface area contributed by atoms with Crippen LogP contribution >= 0.6 is 11.8 Å². The monoisotopic (exact) mass is 383 g/mol. The first-order valence-electron chi connectivity index (χ1n) is 8.87. The van der Waals surface area contributed by atoms with Gasteiger partial charge in [-0.2, -0.15) is 0 Å². The van der Waals surface area contributed by atoms with Crippen molar-refractivity contribution in [3.8, 4) is 11.3 Å². The first kappa shape index (κ1) is 19.2. The summed E-state index contributed by atoms with van der Waals surface area (Å²) in [5.74, 6) is 1.52. The molecule has 1 aromatic heterocycles. The number of nitrogens with zero attached hydrogens (tertiary/aromatic N) is 1. The maximum absolute atomic E-state index is 12.9. The number of carbonyl (C=O) groups excluding carboxylic acids is 1. The van der Waals surface area contributed by atoms with Crippen LogP contribution in [0.15, 0.2) is 76.2 Å². The van der Waals surface area contributed by atoms with E-state index in [2.05, 4.69) is 0 Å². The van der Waals surface area contributed by atoms with Gasteiger partial charge in [-0.05, 0) is 54.1 Å². The van der Waals surface area contributed by atoms with Gasteiger partial charge in [-0.25, -0.2) is 4.39 Å². The molecule has 2 aromatic carbocycles. The molecule has 0 aliphatic rings. The molecule has 0 N–H and O–H groups in total. The number of benzene rings is 2. The lowest BCUT2D eigenvalue weighted by atomic mass is 10.0. The Labute approximate surface area is 163 Å². The summed E-state index contributed by atoms with van der Waals surface area (Å²) in [7, 11) is 1.83. The molecule has 0 atom stereocenters. The van der Waals surface area contributed by atoms with Crippen molar-refractivity contribution < 1.29 is 13.6 Å². The van der Waals surface area contributed by atoms with E-state index in [1.54, 1.807) is 35.1 Å². The van der Waals surface area contributed by atoms with Gasteiger partial charge >= 0.3 is 0 Å². The van der Waals surface area contributed by atoms with Crippen LogP contribution < -0.4 is 0 Å². The van der Waals surface area contributed by atoms with Crippen LogP contribution in [-0.4, -0.2) is 23.6 Å². The second kappa shape index (κ2) is 9.42. The molecular formula is C22H22FNO2S. The maximum atomic E-state index is 12.9. The first-order valence-corrected chi connectivity index (χ1v) is 9.86. The Morgan fingerprint density at radius 3 is 2.59 bits per heavy atom. The fourth-order valence-corrected chi connectivity index (χ4v) is 3.66. The molecule has 3 rings (SSSR count). The van der Waals surface area contributed by atoms with Crippen molar-refractivity contribution >= 4 is 17.7 Å². The van der Waals surface area contributed by atoms with Gasteiger partial charge in [-0.3, -0.25) is 4.79 Å². The van der Waals surface area contributed by atoms with E-state index in [-0.39, 0.29) is 11.7 Å². The lowest BCUT2D eigenvalue weighted by molar-refractivity contribution is -0.130. The molecule has 0 bridgehead atoms. The summed E-state index contributed by atoms with van der Waals surface area (Å²) < 4.78 is 18.4. The minimum atomic E-state index is -0.231. The molecule has 3 aromatic rings.